The van der Waals surface area contributed by atoms with Gasteiger partial charge in [0, 0.05) is 0 Å². The number of hydrogen-bond donors (Lipinski definition) is 0. The van der Waals surface area contributed by atoms with E-state index in [0.29, 0.717) is 0 Å². The van der Waals surface area contributed by atoms with Crippen molar-refractivity contribution < 1.29 is 9.18 Å². The van der Waals surface area contributed by atoms with Gasteiger partial charge >= 0.3 is 76.0 Å². The zero-order valence-corrected chi connectivity index (χ0v) is 7.66. The van der Waals surface area contributed by atoms with Crippen LogP contribution in [0.1, 0.15) is 10.4 Å². The molecule has 0 heterocycles. The van der Waals surface area contributed by atoms with Crippen LogP contribution in [-0.4, -0.2) is 26.2 Å². The first-order valence-electron chi connectivity index (χ1n) is 3.12. The van der Waals surface area contributed by atoms with E-state index in [4.69, 9.17) is 0 Å². The third kappa shape index (κ3) is 2.21. The first-order chi connectivity index (χ1) is 5.74. The van der Waals surface area contributed by atoms with E-state index in [1.165, 1.54) is 18.2 Å². The molecule has 60 valence electrons. The number of hydrogen-bond acceptors (Lipinski definition) is 1. The summed E-state index contributed by atoms with van der Waals surface area (Å²) >= 11 is 2.33. The molecule has 0 aromatic heterocycles. The predicted molar refractivity (Wildman–Crippen MR) is 43.9 cm³/mol. The zero-order valence-electron chi connectivity index (χ0n) is 5.95. The van der Waals surface area contributed by atoms with Crippen LogP contribution in [0.25, 0.3) is 0 Å². The molecule has 0 aliphatic carbocycles. The van der Waals surface area contributed by atoms with Gasteiger partial charge in [-0.15, -0.1) is 0 Å². The van der Waals surface area contributed by atoms with Crippen LogP contribution in [0.5, 0.6) is 0 Å². The van der Waals surface area contributed by atoms with Crippen molar-refractivity contribution in [2.24, 2.45) is 4.99 Å². The summed E-state index contributed by atoms with van der Waals surface area (Å²) < 4.78 is 14.8. The molecular weight excluding hydrogens is 224 g/mol. The Morgan fingerprint density at radius 2 is 2.33 bits per heavy atom. The van der Waals surface area contributed by atoms with Gasteiger partial charge in [-0.05, 0) is 0 Å². The quantitative estimate of drug-likeness (QED) is 0.521. The van der Waals surface area contributed by atoms with Crippen LogP contribution < -0.4 is 0 Å². The van der Waals surface area contributed by atoms with Crippen LogP contribution >= 0.6 is 0 Å². The zero-order chi connectivity index (χ0) is 8.97. The van der Waals surface area contributed by atoms with Gasteiger partial charge < -0.3 is 0 Å². The second-order valence-electron chi connectivity index (χ2n) is 2.02. The third-order valence-corrected chi connectivity index (χ3v) is 1.41. The van der Waals surface area contributed by atoms with Gasteiger partial charge in [0.2, 0.25) is 0 Å². The maximum atomic E-state index is 12.5. The van der Waals surface area contributed by atoms with Crippen molar-refractivity contribution in [3.63, 3.8) is 0 Å². The Hall–Kier alpha value is -1.08. The molecule has 1 aromatic carbocycles. The number of nitrogens with zero attached hydrogens (tertiary/aromatic N) is 1. The topological polar surface area (TPSA) is 29.4 Å². The molecule has 0 aliphatic heterocycles. The molecule has 12 heavy (non-hydrogen) atoms. The molecule has 1 amide bonds. The van der Waals surface area contributed by atoms with E-state index in [-0.39, 0.29) is 5.56 Å². The number of amides is 1. The molecule has 0 saturated carbocycles. The molecule has 0 unspecified atom stereocenters. The van der Waals surface area contributed by atoms with E-state index in [1.54, 1.807) is 0 Å². The standard InChI is InChI=1S/C8H4FNOSe/c9-7-3-1-2-6(4-7)8(11)10-5-12/h1-4H. The summed E-state index contributed by atoms with van der Waals surface area (Å²) in [7, 11) is 0. The molecule has 4 heteroatoms. The molecule has 1 aromatic rings. The number of carbonyl (C=O) groups excluding carboxylic acids is 1. The van der Waals surface area contributed by atoms with Gasteiger partial charge in [0.25, 0.3) is 0 Å². The van der Waals surface area contributed by atoms with Crippen LogP contribution in [0, 0.1) is 5.82 Å². The van der Waals surface area contributed by atoms with E-state index in [1.807, 2.05) is 0 Å². The van der Waals surface area contributed by atoms with Crippen LogP contribution in [0.4, 0.5) is 4.39 Å². The van der Waals surface area contributed by atoms with Crippen molar-refractivity contribution >= 4 is 26.2 Å². The molecule has 0 atom stereocenters. The Bertz CT molecular complexity index is 358. The maximum absolute atomic E-state index is 12.5. The number of benzene rings is 1. The average Bonchev–Trinajstić information content (AvgIpc) is 2.05. The first-order valence-corrected chi connectivity index (χ1v) is 3.97. The number of rotatable bonds is 1. The van der Waals surface area contributed by atoms with Gasteiger partial charge in [0.15, 0.2) is 0 Å². The number of carbonyl (C=O) groups is 1. The van der Waals surface area contributed by atoms with Gasteiger partial charge in [-0.1, -0.05) is 0 Å². The summed E-state index contributed by atoms with van der Waals surface area (Å²) in [6.45, 7) is 0. The monoisotopic (exact) mass is 229 g/mol. The van der Waals surface area contributed by atoms with Crippen LogP contribution in [-0.2, 0) is 0 Å². The number of aliphatic imine (C=N–C) groups is 1. The molecular formula is C8H4FNOSe. The average molecular weight is 228 g/mol. The van der Waals surface area contributed by atoms with Crippen molar-refractivity contribution in [2.45, 2.75) is 0 Å². The molecule has 0 saturated heterocycles. The first kappa shape index (κ1) is 9.01. The Balaban J connectivity index is 3.03. The van der Waals surface area contributed by atoms with Gasteiger partial charge in [0.05, 0.1) is 0 Å². The Morgan fingerprint density at radius 1 is 1.58 bits per heavy atom. The fourth-order valence-electron chi connectivity index (χ4n) is 0.728. The molecule has 0 spiro atoms. The summed E-state index contributed by atoms with van der Waals surface area (Å²) in [5, 5.41) is 0. The van der Waals surface area contributed by atoms with Crippen LogP contribution in [0.3, 0.4) is 0 Å². The Labute approximate surface area is 76.5 Å². The van der Waals surface area contributed by atoms with Crippen LogP contribution in [0.2, 0.25) is 0 Å². The van der Waals surface area contributed by atoms with Gasteiger partial charge in [0.1, 0.15) is 0 Å². The third-order valence-electron chi connectivity index (χ3n) is 1.22. The fraction of sp³-hybridized carbons (Fsp3) is 0. The molecule has 0 N–H and O–H groups in total. The minimum absolute atomic E-state index is 0.220. The van der Waals surface area contributed by atoms with Gasteiger partial charge in [-0.2, -0.15) is 0 Å². The normalized spacial score (nSPS) is 8.75. The molecule has 1 rings (SSSR count). The summed E-state index contributed by atoms with van der Waals surface area (Å²) in [6.07, 6.45) is 0. The summed E-state index contributed by atoms with van der Waals surface area (Å²) in [4.78, 5) is 14.3. The summed E-state index contributed by atoms with van der Waals surface area (Å²) in [5.41, 5.74) is 0.220. The van der Waals surface area contributed by atoms with E-state index < -0.39 is 11.7 Å². The Morgan fingerprint density at radius 3 is 2.92 bits per heavy atom. The van der Waals surface area contributed by atoms with E-state index >= 15 is 0 Å². The van der Waals surface area contributed by atoms with Crippen molar-refractivity contribution in [3.05, 3.63) is 35.6 Å². The van der Waals surface area contributed by atoms with Crippen molar-refractivity contribution in [1.29, 1.82) is 0 Å². The molecule has 0 bridgehead atoms. The fourth-order valence-corrected chi connectivity index (χ4v) is 0.901. The molecule has 0 radical (unpaired) electrons. The SMILES string of the molecule is O=C(N=C=[Se])c1cccc(F)c1. The predicted octanol–water partition coefficient (Wildman–Crippen LogP) is 1.04. The number of halogens is 1. The van der Waals surface area contributed by atoms with Crippen LogP contribution in [0.15, 0.2) is 29.3 Å². The summed E-state index contributed by atoms with van der Waals surface area (Å²) in [5.74, 6) is -0.954. The van der Waals surface area contributed by atoms with Crippen molar-refractivity contribution in [3.8, 4) is 0 Å². The van der Waals surface area contributed by atoms with Gasteiger partial charge in [-0.25, -0.2) is 0 Å². The molecule has 0 aliphatic rings. The van der Waals surface area contributed by atoms with Crippen molar-refractivity contribution in [2.75, 3.05) is 0 Å². The van der Waals surface area contributed by atoms with Crippen molar-refractivity contribution in [1.82, 2.24) is 0 Å². The van der Waals surface area contributed by atoms with E-state index in [0.717, 1.165) is 6.07 Å². The molecule has 0 fully saturated rings. The van der Waals surface area contributed by atoms with Gasteiger partial charge in [-0.3, -0.25) is 0 Å². The summed E-state index contributed by atoms with van der Waals surface area (Å²) in [6, 6.07) is 5.34. The second kappa shape index (κ2) is 4.07. The Kier molecular flexibility index (Phi) is 3.06. The second-order valence-corrected chi connectivity index (χ2v) is 2.40. The van der Waals surface area contributed by atoms with E-state index in [2.05, 4.69) is 25.3 Å². The minimum atomic E-state index is -0.506. The van der Waals surface area contributed by atoms with E-state index in [9.17, 15) is 9.18 Å². The molecule has 2 nitrogen and oxygen atoms in total.